The van der Waals surface area contributed by atoms with Gasteiger partial charge in [-0.3, -0.25) is 4.79 Å². The van der Waals surface area contributed by atoms with Crippen molar-refractivity contribution in [1.29, 1.82) is 0 Å². The Balaban J connectivity index is 2.21. The summed E-state index contributed by atoms with van der Waals surface area (Å²) >= 11 is 1.67. The Hall–Kier alpha value is -0.830. The summed E-state index contributed by atoms with van der Waals surface area (Å²) in [6.45, 7) is 2.25. The van der Waals surface area contributed by atoms with Crippen LogP contribution in [0.4, 0.5) is 0 Å². The standard InChI is InChI=1S/C12H17NOS/c1-3-8-4-5-10-9(6-8)7-11(15-10)12(14)13-2/h7-8H,3-6H2,1-2H3,(H,13,14)/t8-/m1/s1. The van der Waals surface area contributed by atoms with E-state index in [0.717, 1.165) is 17.2 Å². The lowest BCUT2D eigenvalue weighted by Gasteiger charge is -2.19. The van der Waals surface area contributed by atoms with Gasteiger partial charge in [-0.2, -0.15) is 0 Å². The molecule has 1 atom stereocenters. The van der Waals surface area contributed by atoms with Crippen LogP contribution in [0, 0.1) is 5.92 Å². The van der Waals surface area contributed by atoms with Crippen molar-refractivity contribution < 1.29 is 4.79 Å². The second-order valence-corrected chi connectivity index (χ2v) is 5.29. The average Bonchev–Trinajstić information content (AvgIpc) is 2.70. The number of thiophene rings is 1. The number of carbonyl (C=O) groups is 1. The molecule has 0 unspecified atom stereocenters. The van der Waals surface area contributed by atoms with E-state index in [1.807, 2.05) is 0 Å². The summed E-state index contributed by atoms with van der Waals surface area (Å²) in [5, 5.41) is 2.69. The Morgan fingerprint density at radius 3 is 3.13 bits per heavy atom. The molecule has 1 aliphatic rings. The molecule has 0 fully saturated rings. The first-order valence-corrected chi connectivity index (χ1v) is 6.40. The number of hydrogen-bond acceptors (Lipinski definition) is 2. The van der Waals surface area contributed by atoms with E-state index in [-0.39, 0.29) is 5.91 Å². The van der Waals surface area contributed by atoms with Crippen LogP contribution in [0.25, 0.3) is 0 Å². The molecule has 1 aromatic rings. The van der Waals surface area contributed by atoms with E-state index in [2.05, 4.69) is 18.3 Å². The van der Waals surface area contributed by atoms with E-state index >= 15 is 0 Å². The van der Waals surface area contributed by atoms with Crippen LogP contribution in [0.15, 0.2) is 6.07 Å². The van der Waals surface area contributed by atoms with Gasteiger partial charge in [0.05, 0.1) is 4.88 Å². The maximum Gasteiger partial charge on any atom is 0.261 e. The molecule has 0 bridgehead atoms. The molecular weight excluding hydrogens is 206 g/mol. The normalized spacial score (nSPS) is 19.7. The summed E-state index contributed by atoms with van der Waals surface area (Å²) in [7, 11) is 1.69. The minimum Gasteiger partial charge on any atom is -0.354 e. The Morgan fingerprint density at radius 1 is 1.67 bits per heavy atom. The monoisotopic (exact) mass is 223 g/mol. The van der Waals surface area contributed by atoms with Crippen LogP contribution in [0.5, 0.6) is 0 Å². The fourth-order valence-corrected chi connectivity index (χ4v) is 3.34. The van der Waals surface area contributed by atoms with Crippen LogP contribution < -0.4 is 5.32 Å². The van der Waals surface area contributed by atoms with E-state index in [9.17, 15) is 4.79 Å². The number of fused-ring (bicyclic) bond motifs is 1. The topological polar surface area (TPSA) is 29.1 Å². The number of amides is 1. The molecule has 1 heterocycles. The van der Waals surface area contributed by atoms with Gasteiger partial charge in [0.2, 0.25) is 0 Å². The molecule has 1 amide bonds. The number of rotatable bonds is 2. The highest BCUT2D eigenvalue weighted by atomic mass is 32.1. The Morgan fingerprint density at radius 2 is 2.47 bits per heavy atom. The lowest BCUT2D eigenvalue weighted by atomic mass is 9.87. The molecular formula is C12H17NOS. The summed E-state index contributed by atoms with van der Waals surface area (Å²) in [4.78, 5) is 13.8. The number of nitrogens with one attached hydrogen (secondary N) is 1. The summed E-state index contributed by atoms with van der Waals surface area (Å²) in [6.07, 6.45) is 4.87. The van der Waals surface area contributed by atoms with Gasteiger partial charge in [0.1, 0.15) is 0 Å². The minimum atomic E-state index is 0.0578. The van der Waals surface area contributed by atoms with Crippen molar-refractivity contribution in [1.82, 2.24) is 5.32 Å². The SMILES string of the molecule is CC[C@@H]1CCc2sc(C(=O)NC)cc2C1. The predicted octanol–water partition coefficient (Wildman–Crippen LogP) is 2.62. The molecule has 1 aromatic heterocycles. The fourth-order valence-electron chi connectivity index (χ4n) is 2.18. The van der Waals surface area contributed by atoms with Gasteiger partial charge in [0.15, 0.2) is 0 Å². The summed E-state index contributed by atoms with van der Waals surface area (Å²) in [5.74, 6) is 0.882. The molecule has 1 N–H and O–H groups in total. The Bertz CT molecular complexity index is 370. The smallest absolute Gasteiger partial charge is 0.261 e. The summed E-state index contributed by atoms with van der Waals surface area (Å²) in [6, 6.07) is 2.08. The van der Waals surface area contributed by atoms with E-state index in [0.29, 0.717) is 0 Å². The lowest BCUT2D eigenvalue weighted by Crippen LogP contribution is -2.16. The summed E-state index contributed by atoms with van der Waals surface area (Å²) < 4.78 is 0. The van der Waals surface area contributed by atoms with Gasteiger partial charge in [0, 0.05) is 11.9 Å². The highest BCUT2D eigenvalue weighted by Gasteiger charge is 2.21. The molecule has 2 rings (SSSR count). The van der Waals surface area contributed by atoms with Crippen LogP contribution in [-0.4, -0.2) is 13.0 Å². The molecule has 0 aromatic carbocycles. The van der Waals surface area contributed by atoms with Crippen molar-refractivity contribution >= 4 is 17.2 Å². The average molecular weight is 223 g/mol. The van der Waals surface area contributed by atoms with Crippen molar-refractivity contribution in [2.45, 2.75) is 32.6 Å². The molecule has 1 aliphatic carbocycles. The number of hydrogen-bond donors (Lipinski definition) is 1. The van der Waals surface area contributed by atoms with Gasteiger partial charge in [0.25, 0.3) is 5.91 Å². The molecule has 0 spiro atoms. The predicted molar refractivity (Wildman–Crippen MR) is 63.5 cm³/mol. The lowest BCUT2D eigenvalue weighted by molar-refractivity contribution is 0.0967. The third-order valence-corrected chi connectivity index (χ3v) is 4.45. The molecule has 2 nitrogen and oxygen atoms in total. The van der Waals surface area contributed by atoms with E-state index in [1.54, 1.807) is 18.4 Å². The second kappa shape index (κ2) is 4.35. The quantitative estimate of drug-likeness (QED) is 0.820. The highest BCUT2D eigenvalue weighted by molar-refractivity contribution is 7.14. The first-order valence-electron chi connectivity index (χ1n) is 5.58. The van der Waals surface area contributed by atoms with Crippen molar-refractivity contribution in [2.75, 3.05) is 7.05 Å². The van der Waals surface area contributed by atoms with E-state index in [4.69, 9.17) is 0 Å². The molecule has 0 aliphatic heterocycles. The highest BCUT2D eigenvalue weighted by Crippen LogP contribution is 2.33. The fraction of sp³-hybridized carbons (Fsp3) is 0.583. The number of carbonyl (C=O) groups excluding carboxylic acids is 1. The first kappa shape index (κ1) is 10.7. The molecule has 0 radical (unpaired) electrons. The Kier molecular flexibility index (Phi) is 3.10. The van der Waals surface area contributed by atoms with Crippen molar-refractivity contribution in [3.8, 4) is 0 Å². The molecule has 0 saturated carbocycles. The maximum absolute atomic E-state index is 11.5. The zero-order valence-electron chi connectivity index (χ0n) is 9.30. The van der Waals surface area contributed by atoms with E-state index < -0.39 is 0 Å². The summed E-state index contributed by atoms with van der Waals surface area (Å²) in [5.41, 5.74) is 1.41. The van der Waals surface area contributed by atoms with Gasteiger partial charge >= 0.3 is 0 Å². The van der Waals surface area contributed by atoms with Crippen molar-refractivity contribution in [3.05, 3.63) is 21.4 Å². The largest absolute Gasteiger partial charge is 0.354 e. The zero-order valence-corrected chi connectivity index (χ0v) is 10.1. The molecule has 82 valence electrons. The van der Waals surface area contributed by atoms with E-state index in [1.165, 1.54) is 29.7 Å². The van der Waals surface area contributed by atoms with Gasteiger partial charge < -0.3 is 5.32 Å². The van der Waals surface area contributed by atoms with Crippen LogP contribution in [0.3, 0.4) is 0 Å². The van der Waals surface area contributed by atoms with Crippen molar-refractivity contribution in [2.24, 2.45) is 5.92 Å². The van der Waals surface area contributed by atoms with Crippen molar-refractivity contribution in [3.63, 3.8) is 0 Å². The maximum atomic E-state index is 11.5. The molecule has 15 heavy (non-hydrogen) atoms. The van der Waals surface area contributed by atoms with Gasteiger partial charge in [-0.25, -0.2) is 0 Å². The van der Waals surface area contributed by atoms with Gasteiger partial charge in [-0.05, 0) is 36.8 Å². The minimum absolute atomic E-state index is 0.0578. The van der Waals surface area contributed by atoms with Crippen LogP contribution >= 0.6 is 11.3 Å². The molecule has 3 heteroatoms. The molecule has 0 saturated heterocycles. The second-order valence-electron chi connectivity index (χ2n) is 4.16. The number of aryl methyl sites for hydroxylation is 1. The van der Waals surface area contributed by atoms with Crippen LogP contribution in [0.1, 0.15) is 39.9 Å². The van der Waals surface area contributed by atoms with Gasteiger partial charge in [-0.1, -0.05) is 13.3 Å². The zero-order chi connectivity index (χ0) is 10.8. The van der Waals surface area contributed by atoms with Gasteiger partial charge in [-0.15, -0.1) is 11.3 Å². The first-order chi connectivity index (χ1) is 7.24. The third-order valence-electron chi connectivity index (χ3n) is 3.21. The third kappa shape index (κ3) is 2.07. The Labute approximate surface area is 94.7 Å². The van der Waals surface area contributed by atoms with Crippen LogP contribution in [0.2, 0.25) is 0 Å². The van der Waals surface area contributed by atoms with Crippen LogP contribution in [-0.2, 0) is 12.8 Å².